The Morgan fingerprint density at radius 1 is 1.03 bits per heavy atom. The quantitative estimate of drug-likeness (QED) is 0.128. The van der Waals surface area contributed by atoms with E-state index < -0.39 is 5.67 Å². The summed E-state index contributed by atoms with van der Waals surface area (Å²) in [4.78, 5) is 2.47. The molecule has 228 valence electrons. The highest BCUT2D eigenvalue weighted by Gasteiger charge is 2.30. The lowest BCUT2D eigenvalue weighted by atomic mass is 9.87. The van der Waals surface area contributed by atoms with Gasteiger partial charge >= 0.3 is 0 Å². The van der Waals surface area contributed by atoms with Gasteiger partial charge in [-0.3, -0.25) is 4.90 Å². The Hall–Kier alpha value is -1.35. The van der Waals surface area contributed by atoms with Crippen molar-refractivity contribution in [3.63, 3.8) is 0 Å². The van der Waals surface area contributed by atoms with Crippen LogP contribution in [0.4, 0.5) is 4.39 Å². The average Bonchev–Trinajstić information content (AvgIpc) is 2.87. The van der Waals surface area contributed by atoms with Gasteiger partial charge in [0.15, 0.2) is 0 Å². The monoisotopic (exact) mass is 547 g/mol. The molecule has 0 aliphatic carbocycles. The van der Waals surface area contributed by atoms with Gasteiger partial charge in [0.2, 0.25) is 0 Å². The fraction of sp³-hybridized carbons (Fsp3) is 0.778. The molecule has 0 fully saturated rings. The molecule has 0 aromatic rings. The molecule has 0 bridgehead atoms. The first kappa shape index (κ1) is 37.6. The second-order valence-corrected chi connectivity index (χ2v) is 13.6. The first-order valence-electron chi connectivity index (χ1n) is 15.9. The van der Waals surface area contributed by atoms with E-state index in [9.17, 15) is 0 Å². The summed E-state index contributed by atoms with van der Waals surface area (Å²) < 4.78 is 15.8. The van der Waals surface area contributed by atoms with Gasteiger partial charge in [0, 0.05) is 35.7 Å². The lowest BCUT2D eigenvalue weighted by Gasteiger charge is -2.41. The van der Waals surface area contributed by atoms with Crippen LogP contribution in [0.1, 0.15) is 134 Å². The highest BCUT2D eigenvalue weighted by atomic mass is 19.1. The number of allylic oxidation sites excluding steroid dienone is 5. The van der Waals surface area contributed by atoms with E-state index in [4.69, 9.17) is 0 Å². The molecule has 0 radical (unpaired) electrons. The summed E-state index contributed by atoms with van der Waals surface area (Å²) in [5.41, 5.74) is 2.30. The van der Waals surface area contributed by atoms with Gasteiger partial charge in [0.1, 0.15) is 5.67 Å². The van der Waals surface area contributed by atoms with Crippen LogP contribution in [0.5, 0.6) is 0 Å². The van der Waals surface area contributed by atoms with Crippen molar-refractivity contribution in [2.45, 2.75) is 152 Å². The molecule has 3 unspecified atom stereocenters. The largest absolute Gasteiger partial charge is 0.385 e. The van der Waals surface area contributed by atoms with Crippen LogP contribution in [-0.4, -0.2) is 35.7 Å². The van der Waals surface area contributed by atoms with Gasteiger partial charge < -0.3 is 5.32 Å². The summed E-state index contributed by atoms with van der Waals surface area (Å²) >= 11 is 0. The maximum absolute atomic E-state index is 15.8. The van der Waals surface area contributed by atoms with Gasteiger partial charge in [0.25, 0.3) is 0 Å². The molecule has 0 aliphatic rings. The molecule has 0 aromatic heterocycles. The number of rotatable bonds is 19. The van der Waals surface area contributed by atoms with Crippen LogP contribution in [-0.2, 0) is 0 Å². The molecule has 39 heavy (non-hydrogen) atoms. The van der Waals surface area contributed by atoms with Gasteiger partial charge in [-0.25, -0.2) is 4.39 Å². The number of unbranched alkanes of at least 4 members (excludes halogenated alkanes) is 1. The van der Waals surface area contributed by atoms with Crippen LogP contribution in [0.15, 0.2) is 47.7 Å². The van der Waals surface area contributed by atoms with Crippen LogP contribution in [0.25, 0.3) is 0 Å². The van der Waals surface area contributed by atoms with E-state index in [-0.39, 0.29) is 11.0 Å². The highest BCUT2D eigenvalue weighted by Crippen LogP contribution is 2.31. The number of alkyl halides is 1. The fourth-order valence-corrected chi connectivity index (χ4v) is 4.84. The summed E-state index contributed by atoms with van der Waals surface area (Å²) in [6, 6.07) is 0.331. The van der Waals surface area contributed by atoms with Crippen molar-refractivity contribution in [3.05, 3.63) is 47.7 Å². The molecule has 2 nitrogen and oxygen atoms in total. The second-order valence-electron chi connectivity index (χ2n) is 13.6. The van der Waals surface area contributed by atoms with Crippen molar-refractivity contribution < 1.29 is 4.39 Å². The average molecular weight is 547 g/mol. The number of halogens is 1. The number of nitrogens with zero attached hydrogens (tertiary/aromatic N) is 1. The summed E-state index contributed by atoms with van der Waals surface area (Å²) in [5.74, 6) is 1.07. The maximum Gasteiger partial charge on any atom is 0.131 e. The van der Waals surface area contributed by atoms with Crippen molar-refractivity contribution in [2.24, 2.45) is 17.3 Å². The molecule has 0 aliphatic heterocycles. The van der Waals surface area contributed by atoms with E-state index in [1.54, 1.807) is 0 Å². The number of hydrogen-bond donors (Lipinski definition) is 1. The molecule has 3 atom stereocenters. The van der Waals surface area contributed by atoms with E-state index in [1.807, 2.05) is 6.92 Å². The van der Waals surface area contributed by atoms with Crippen LogP contribution < -0.4 is 5.32 Å². The summed E-state index contributed by atoms with van der Waals surface area (Å²) in [6.07, 6.45) is 16.7. The van der Waals surface area contributed by atoms with Crippen molar-refractivity contribution in [3.8, 4) is 0 Å². The Morgan fingerprint density at radius 2 is 1.62 bits per heavy atom. The number of hydrogen-bond acceptors (Lipinski definition) is 2. The van der Waals surface area contributed by atoms with E-state index in [1.165, 1.54) is 30.4 Å². The highest BCUT2D eigenvalue weighted by molar-refractivity contribution is 5.28. The van der Waals surface area contributed by atoms with Gasteiger partial charge in [0.05, 0.1) is 0 Å². The lowest BCUT2D eigenvalue weighted by molar-refractivity contribution is 0.140. The number of likely N-dealkylation sites (N-methyl/N-ethyl adjacent to an activating group) is 1. The Kier molecular flexibility index (Phi) is 16.9. The zero-order valence-corrected chi connectivity index (χ0v) is 28.4. The lowest BCUT2D eigenvalue weighted by Crippen LogP contribution is -2.47. The minimum Gasteiger partial charge on any atom is -0.385 e. The Morgan fingerprint density at radius 3 is 2.10 bits per heavy atom. The molecule has 0 amide bonds. The SMILES string of the molecule is C=C(/C=C(/C)C(C)(C)N(C)C(C)C/C=C(/NCC(F)(CC)C/C=C\C(CC)CC)C(C)(C)C)C(C)CCCC. The molecule has 0 heterocycles. The normalized spacial score (nSPS) is 17.1. The molecule has 0 aromatic carbocycles. The van der Waals surface area contributed by atoms with Gasteiger partial charge in [-0.2, -0.15) is 0 Å². The molecule has 0 rings (SSSR count). The topological polar surface area (TPSA) is 15.3 Å². The van der Waals surface area contributed by atoms with Crippen molar-refractivity contribution in [1.29, 1.82) is 0 Å². The molecule has 0 saturated heterocycles. The van der Waals surface area contributed by atoms with E-state index in [0.29, 0.717) is 37.3 Å². The summed E-state index contributed by atoms with van der Waals surface area (Å²) in [5, 5.41) is 3.54. The van der Waals surface area contributed by atoms with Gasteiger partial charge in [-0.15, -0.1) is 0 Å². The van der Waals surface area contributed by atoms with Crippen molar-refractivity contribution in [1.82, 2.24) is 10.2 Å². The summed E-state index contributed by atoms with van der Waals surface area (Å²) in [7, 11) is 2.22. The van der Waals surface area contributed by atoms with E-state index in [0.717, 1.165) is 25.0 Å². The van der Waals surface area contributed by atoms with Crippen LogP contribution in [0.3, 0.4) is 0 Å². The van der Waals surface area contributed by atoms with Crippen LogP contribution in [0, 0.1) is 17.3 Å². The standard InChI is InChI=1S/C36H67FN2/c1-15-19-21-28(5)29(6)26-30(7)35(12,13)39(14)31(8)23-24-33(34(9,10)11)38-27-36(37,18-4)25-20-22-32(16-2)17-3/h20,22,24,26,28,31-32,38H,6,15-19,21,23,25,27H2,1-5,7-14H3/b22-20-,30-26-,33-24+. The minimum atomic E-state index is -1.24. The van der Waals surface area contributed by atoms with Gasteiger partial charge in [-0.1, -0.05) is 110 Å². The fourth-order valence-electron chi connectivity index (χ4n) is 4.84. The third-order valence-electron chi connectivity index (χ3n) is 9.17. The van der Waals surface area contributed by atoms with Crippen LogP contribution in [0.2, 0.25) is 0 Å². The molecule has 3 heteroatoms. The van der Waals surface area contributed by atoms with Crippen LogP contribution >= 0.6 is 0 Å². The zero-order chi connectivity index (χ0) is 30.4. The first-order valence-corrected chi connectivity index (χ1v) is 15.9. The smallest absolute Gasteiger partial charge is 0.131 e. The minimum absolute atomic E-state index is 0.0734. The third kappa shape index (κ3) is 13.2. The molecular weight excluding hydrogens is 479 g/mol. The molecular formula is C36H67FN2. The van der Waals surface area contributed by atoms with E-state index >= 15 is 4.39 Å². The molecule has 1 N–H and O–H groups in total. The molecule has 0 saturated carbocycles. The predicted octanol–water partition coefficient (Wildman–Crippen LogP) is 10.8. The maximum atomic E-state index is 15.8. The van der Waals surface area contributed by atoms with Crippen molar-refractivity contribution >= 4 is 0 Å². The Balaban J connectivity index is 5.51. The van der Waals surface area contributed by atoms with Gasteiger partial charge in [-0.05, 0) is 78.7 Å². The second kappa shape index (κ2) is 17.5. The number of nitrogens with one attached hydrogen (secondary N) is 1. The predicted molar refractivity (Wildman–Crippen MR) is 175 cm³/mol. The zero-order valence-electron chi connectivity index (χ0n) is 28.4. The Bertz CT molecular complexity index is 793. The summed E-state index contributed by atoms with van der Waals surface area (Å²) in [6.45, 7) is 31.4. The van der Waals surface area contributed by atoms with Crippen molar-refractivity contribution in [2.75, 3.05) is 13.6 Å². The molecule has 0 spiro atoms. The third-order valence-corrected chi connectivity index (χ3v) is 9.17. The van der Waals surface area contributed by atoms with E-state index in [2.05, 4.69) is 124 Å². The first-order chi connectivity index (χ1) is 18.0. The Labute approximate surface area is 244 Å².